The zero-order valence-corrected chi connectivity index (χ0v) is 16.3. The maximum absolute atomic E-state index is 12.9. The Hall–Kier alpha value is -3.54. The number of carbonyl (C=O) groups is 2. The largest absolute Gasteiger partial charge is 0.484 e. The first-order valence-electron chi connectivity index (χ1n) is 9.45. The highest BCUT2D eigenvalue weighted by atomic mass is 16.5. The number of carbonyl (C=O) groups excluding carboxylic acids is 2. The van der Waals surface area contributed by atoms with Gasteiger partial charge in [0, 0.05) is 6.54 Å². The summed E-state index contributed by atoms with van der Waals surface area (Å²) in [6.07, 6.45) is 1.55. The summed E-state index contributed by atoms with van der Waals surface area (Å²) in [5, 5.41) is 2.81. The van der Waals surface area contributed by atoms with E-state index in [2.05, 4.69) is 5.32 Å². The molecule has 3 aromatic rings. The van der Waals surface area contributed by atoms with Crippen molar-refractivity contribution in [3.63, 3.8) is 0 Å². The summed E-state index contributed by atoms with van der Waals surface area (Å²) >= 11 is 0. The van der Waals surface area contributed by atoms with Crippen molar-refractivity contribution in [2.45, 2.75) is 26.1 Å². The fraction of sp³-hybridized carbons (Fsp3) is 0.217. The smallest absolute Gasteiger partial charge is 0.261 e. The molecule has 1 heterocycles. The average Bonchev–Trinajstić information content (AvgIpc) is 3.29. The maximum atomic E-state index is 12.9. The van der Waals surface area contributed by atoms with Crippen molar-refractivity contribution in [2.24, 2.45) is 0 Å². The number of nitrogens with zero attached hydrogens (tertiary/aromatic N) is 1. The predicted molar refractivity (Wildman–Crippen MR) is 109 cm³/mol. The highest BCUT2D eigenvalue weighted by Gasteiger charge is 2.26. The fourth-order valence-corrected chi connectivity index (χ4v) is 2.84. The number of benzene rings is 2. The van der Waals surface area contributed by atoms with E-state index in [1.165, 1.54) is 4.90 Å². The zero-order chi connectivity index (χ0) is 20.5. The van der Waals surface area contributed by atoms with Crippen molar-refractivity contribution in [3.8, 4) is 5.75 Å². The van der Waals surface area contributed by atoms with Gasteiger partial charge in [0.2, 0.25) is 5.91 Å². The second-order valence-electron chi connectivity index (χ2n) is 6.58. The van der Waals surface area contributed by atoms with Crippen LogP contribution in [0.15, 0.2) is 83.5 Å². The number of nitrogens with one attached hydrogen (secondary N) is 1. The molecule has 1 atom stereocenters. The lowest BCUT2D eigenvalue weighted by molar-refractivity contribution is -0.142. The van der Waals surface area contributed by atoms with E-state index in [4.69, 9.17) is 9.15 Å². The molecule has 6 heteroatoms. The van der Waals surface area contributed by atoms with E-state index in [0.717, 1.165) is 5.56 Å². The van der Waals surface area contributed by atoms with Crippen LogP contribution in [0.25, 0.3) is 0 Å². The normalized spacial score (nSPS) is 11.5. The molecule has 0 fully saturated rings. The molecule has 1 aromatic heterocycles. The van der Waals surface area contributed by atoms with Crippen LogP contribution >= 0.6 is 0 Å². The number of hydrogen-bond acceptors (Lipinski definition) is 4. The first kappa shape index (κ1) is 20.2. The molecule has 0 saturated heterocycles. The third-order valence-corrected chi connectivity index (χ3v) is 4.49. The van der Waals surface area contributed by atoms with Gasteiger partial charge in [-0.1, -0.05) is 48.5 Å². The highest BCUT2D eigenvalue weighted by Crippen LogP contribution is 2.12. The minimum Gasteiger partial charge on any atom is -0.484 e. The van der Waals surface area contributed by atoms with E-state index in [1.807, 2.05) is 48.5 Å². The maximum Gasteiger partial charge on any atom is 0.261 e. The van der Waals surface area contributed by atoms with Crippen molar-refractivity contribution in [1.29, 1.82) is 0 Å². The third-order valence-electron chi connectivity index (χ3n) is 4.49. The quantitative estimate of drug-likeness (QED) is 0.606. The van der Waals surface area contributed by atoms with Gasteiger partial charge in [0.1, 0.15) is 17.6 Å². The van der Waals surface area contributed by atoms with Gasteiger partial charge in [0.25, 0.3) is 5.91 Å². The fourth-order valence-electron chi connectivity index (χ4n) is 2.84. The number of rotatable bonds is 9. The summed E-state index contributed by atoms with van der Waals surface area (Å²) in [4.78, 5) is 27.1. The van der Waals surface area contributed by atoms with E-state index in [0.29, 0.717) is 18.1 Å². The monoisotopic (exact) mass is 392 g/mol. The van der Waals surface area contributed by atoms with Crippen LogP contribution in [0.1, 0.15) is 18.2 Å². The molecule has 0 bridgehead atoms. The molecular weight excluding hydrogens is 368 g/mol. The predicted octanol–water partition coefficient (Wildman–Crippen LogP) is 3.39. The van der Waals surface area contributed by atoms with Crippen LogP contribution in [0.2, 0.25) is 0 Å². The Morgan fingerprint density at radius 1 is 1.00 bits per heavy atom. The van der Waals surface area contributed by atoms with Crippen LogP contribution in [-0.4, -0.2) is 29.4 Å². The van der Waals surface area contributed by atoms with Gasteiger partial charge in [-0.05, 0) is 36.8 Å². The standard InChI is InChI=1S/C23H24N2O4/c1-18(23(27)24-15-21-13-8-14-28-21)25(16-19-9-4-2-5-10-19)22(26)17-29-20-11-6-3-7-12-20/h2-14,18H,15-17H2,1H3,(H,24,27). The summed E-state index contributed by atoms with van der Waals surface area (Å²) < 4.78 is 10.8. The van der Waals surface area contributed by atoms with E-state index in [9.17, 15) is 9.59 Å². The van der Waals surface area contributed by atoms with Crippen molar-refractivity contribution in [1.82, 2.24) is 10.2 Å². The third kappa shape index (κ3) is 5.97. The molecule has 0 aliphatic carbocycles. The van der Waals surface area contributed by atoms with Crippen LogP contribution in [0.3, 0.4) is 0 Å². The molecule has 150 valence electrons. The van der Waals surface area contributed by atoms with Crippen molar-refractivity contribution >= 4 is 11.8 Å². The van der Waals surface area contributed by atoms with Crippen molar-refractivity contribution in [3.05, 3.63) is 90.4 Å². The molecule has 2 aromatic carbocycles. The second kappa shape index (κ2) is 10.1. The molecule has 0 radical (unpaired) electrons. The van der Waals surface area contributed by atoms with Crippen LogP contribution in [-0.2, 0) is 22.7 Å². The number of hydrogen-bond donors (Lipinski definition) is 1. The topological polar surface area (TPSA) is 71.8 Å². The van der Waals surface area contributed by atoms with E-state index < -0.39 is 6.04 Å². The lowest BCUT2D eigenvalue weighted by Crippen LogP contribution is -2.48. The minimum atomic E-state index is -0.669. The molecule has 1 unspecified atom stereocenters. The molecule has 0 saturated carbocycles. The van der Waals surface area contributed by atoms with Gasteiger partial charge in [-0.25, -0.2) is 0 Å². The Morgan fingerprint density at radius 3 is 2.34 bits per heavy atom. The summed E-state index contributed by atoms with van der Waals surface area (Å²) in [5.41, 5.74) is 0.936. The lowest BCUT2D eigenvalue weighted by atomic mass is 10.1. The van der Waals surface area contributed by atoms with Crippen molar-refractivity contribution in [2.75, 3.05) is 6.61 Å². The molecule has 0 spiro atoms. The van der Waals surface area contributed by atoms with Gasteiger partial charge in [-0.2, -0.15) is 0 Å². The molecule has 6 nitrogen and oxygen atoms in total. The van der Waals surface area contributed by atoms with E-state index >= 15 is 0 Å². The van der Waals surface area contributed by atoms with Gasteiger partial charge in [-0.15, -0.1) is 0 Å². The average molecular weight is 392 g/mol. The molecule has 0 aliphatic heterocycles. The van der Waals surface area contributed by atoms with Gasteiger partial charge in [0.15, 0.2) is 6.61 Å². The first-order valence-corrected chi connectivity index (χ1v) is 9.45. The van der Waals surface area contributed by atoms with Crippen LogP contribution in [0.5, 0.6) is 5.75 Å². The highest BCUT2D eigenvalue weighted by molar-refractivity contribution is 5.87. The number of amides is 2. The van der Waals surface area contributed by atoms with Crippen LogP contribution < -0.4 is 10.1 Å². The molecule has 2 amide bonds. The van der Waals surface area contributed by atoms with E-state index in [-0.39, 0.29) is 25.0 Å². The molecule has 29 heavy (non-hydrogen) atoms. The first-order chi connectivity index (χ1) is 14.1. The lowest BCUT2D eigenvalue weighted by Gasteiger charge is -2.28. The van der Waals surface area contributed by atoms with Crippen LogP contribution in [0, 0.1) is 0 Å². The summed E-state index contributed by atoms with van der Waals surface area (Å²) in [7, 11) is 0. The van der Waals surface area contributed by atoms with Crippen LogP contribution in [0.4, 0.5) is 0 Å². The van der Waals surface area contributed by atoms with Gasteiger partial charge in [0.05, 0.1) is 12.8 Å². The summed E-state index contributed by atoms with van der Waals surface area (Å²) in [5.74, 6) is 0.734. The minimum absolute atomic E-state index is 0.146. The summed E-state index contributed by atoms with van der Waals surface area (Å²) in [6, 6.07) is 21.6. The SMILES string of the molecule is CC(C(=O)NCc1ccco1)N(Cc1ccccc1)C(=O)COc1ccccc1. The summed E-state index contributed by atoms with van der Waals surface area (Å²) in [6.45, 7) is 2.14. The van der Waals surface area contributed by atoms with Gasteiger partial charge >= 0.3 is 0 Å². The molecular formula is C23H24N2O4. The van der Waals surface area contributed by atoms with Gasteiger partial charge < -0.3 is 19.4 Å². The molecule has 3 rings (SSSR count). The zero-order valence-electron chi connectivity index (χ0n) is 16.3. The Morgan fingerprint density at radius 2 is 1.69 bits per heavy atom. The van der Waals surface area contributed by atoms with Gasteiger partial charge in [-0.3, -0.25) is 9.59 Å². The second-order valence-corrected chi connectivity index (χ2v) is 6.58. The number of para-hydroxylation sites is 1. The number of ether oxygens (including phenoxy) is 1. The van der Waals surface area contributed by atoms with Crippen molar-refractivity contribution < 1.29 is 18.7 Å². The number of furan rings is 1. The Labute approximate surface area is 170 Å². The Bertz CT molecular complexity index is 895. The Kier molecular flexibility index (Phi) is 7.05. The molecule has 1 N–H and O–H groups in total. The van der Waals surface area contributed by atoms with E-state index in [1.54, 1.807) is 37.5 Å². The Balaban J connectivity index is 1.67. The molecule has 0 aliphatic rings.